The van der Waals surface area contributed by atoms with E-state index in [1.165, 1.54) is 0 Å². The zero-order valence-electron chi connectivity index (χ0n) is 14.6. The van der Waals surface area contributed by atoms with Gasteiger partial charge in [-0.2, -0.15) is 0 Å². The van der Waals surface area contributed by atoms with Crippen molar-refractivity contribution in [1.29, 1.82) is 0 Å². The van der Waals surface area contributed by atoms with Gasteiger partial charge in [-0.3, -0.25) is 19.6 Å². The van der Waals surface area contributed by atoms with Crippen molar-refractivity contribution in [2.75, 3.05) is 33.2 Å². The fraction of sp³-hybridized carbons (Fsp3) is 0.474. The van der Waals surface area contributed by atoms with E-state index in [9.17, 15) is 4.79 Å². The Balaban J connectivity index is 1.55. The molecule has 0 radical (unpaired) electrons. The minimum Gasteiger partial charge on any atom is -0.468 e. The smallest absolute Gasteiger partial charge is 0.244 e. The van der Waals surface area contributed by atoms with E-state index < -0.39 is 5.54 Å². The van der Waals surface area contributed by atoms with Crippen LogP contribution in [0.3, 0.4) is 0 Å². The normalized spacial score (nSPS) is 25.2. The number of furan rings is 1. The monoisotopic (exact) mass is 340 g/mol. The maximum atomic E-state index is 13.1. The Labute approximate surface area is 148 Å². The molecule has 2 aliphatic rings. The van der Waals surface area contributed by atoms with E-state index in [1.807, 2.05) is 36.3 Å². The van der Waals surface area contributed by atoms with Crippen LogP contribution in [-0.2, 0) is 17.9 Å². The quantitative estimate of drug-likeness (QED) is 0.846. The number of aromatic nitrogens is 1. The summed E-state index contributed by atoms with van der Waals surface area (Å²) < 4.78 is 5.48. The second-order valence-corrected chi connectivity index (χ2v) is 7.08. The third-order valence-corrected chi connectivity index (χ3v) is 5.44. The topological polar surface area (TPSA) is 52.8 Å². The summed E-state index contributed by atoms with van der Waals surface area (Å²) in [5.74, 6) is 1.19. The standard InChI is InChI=1S/C19H24N4O2/c1-21-9-10-23(13-16-4-2-7-20-12-16)19(18(21)24)6-8-22(15-19)14-17-5-3-11-25-17/h2-5,7,11-12H,6,8-10,13-15H2,1H3. The Hall–Kier alpha value is -2.18. The maximum absolute atomic E-state index is 13.1. The first kappa shape index (κ1) is 16.3. The number of hydrogen-bond acceptors (Lipinski definition) is 5. The molecule has 2 aromatic heterocycles. The molecule has 2 fully saturated rings. The summed E-state index contributed by atoms with van der Waals surface area (Å²) in [6.45, 7) is 4.85. The van der Waals surface area contributed by atoms with Crippen LogP contribution < -0.4 is 0 Å². The molecule has 6 heteroatoms. The number of rotatable bonds is 4. The number of hydrogen-bond donors (Lipinski definition) is 0. The van der Waals surface area contributed by atoms with Crippen molar-refractivity contribution >= 4 is 5.91 Å². The molecule has 1 atom stereocenters. The van der Waals surface area contributed by atoms with Crippen LogP contribution in [0, 0.1) is 0 Å². The predicted molar refractivity (Wildman–Crippen MR) is 93.6 cm³/mol. The predicted octanol–water partition coefficient (Wildman–Crippen LogP) is 1.59. The number of piperazine rings is 1. The molecular weight excluding hydrogens is 316 g/mol. The molecule has 4 rings (SSSR count). The van der Waals surface area contributed by atoms with E-state index in [-0.39, 0.29) is 5.91 Å². The Morgan fingerprint density at radius 2 is 2.12 bits per heavy atom. The van der Waals surface area contributed by atoms with E-state index >= 15 is 0 Å². The van der Waals surface area contributed by atoms with Crippen LogP contribution in [0.5, 0.6) is 0 Å². The molecule has 6 nitrogen and oxygen atoms in total. The van der Waals surface area contributed by atoms with Crippen molar-refractivity contribution in [2.24, 2.45) is 0 Å². The van der Waals surface area contributed by atoms with Crippen molar-refractivity contribution in [3.05, 3.63) is 54.2 Å². The number of pyridine rings is 1. The van der Waals surface area contributed by atoms with Gasteiger partial charge in [0.15, 0.2) is 0 Å². The lowest BCUT2D eigenvalue weighted by Gasteiger charge is -2.46. The third-order valence-electron chi connectivity index (χ3n) is 5.44. The number of carbonyl (C=O) groups excluding carboxylic acids is 1. The highest BCUT2D eigenvalue weighted by Crippen LogP contribution is 2.34. The molecule has 0 aromatic carbocycles. The van der Waals surface area contributed by atoms with Crippen LogP contribution in [0.2, 0.25) is 0 Å². The highest BCUT2D eigenvalue weighted by Gasteiger charge is 2.52. The summed E-state index contributed by atoms with van der Waals surface area (Å²) in [5.41, 5.74) is 0.721. The van der Waals surface area contributed by atoms with Gasteiger partial charge in [0, 0.05) is 52.2 Å². The van der Waals surface area contributed by atoms with E-state index in [1.54, 1.807) is 12.5 Å². The summed E-state index contributed by atoms with van der Waals surface area (Å²) in [4.78, 5) is 23.9. The van der Waals surface area contributed by atoms with Gasteiger partial charge in [0.2, 0.25) is 5.91 Å². The fourth-order valence-electron chi connectivity index (χ4n) is 4.08. The van der Waals surface area contributed by atoms with Gasteiger partial charge in [-0.15, -0.1) is 0 Å². The van der Waals surface area contributed by atoms with Crippen molar-refractivity contribution in [3.8, 4) is 0 Å². The minimum atomic E-state index is -0.435. The number of amides is 1. The van der Waals surface area contributed by atoms with Crippen molar-refractivity contribution in [2.45, 2.75) is 25.0 Å². The molecule has 0 saturated carbocycles. The Kier molecular flexibility index (Phi) is 4.31. The lowest BCUT2D eigenvalue weighted by molar-refractivity contribution is -0.149. The van der Waals surface area contributed by atoms with E-state index in [4.69, 9.17) is 4.42 Å². The molecule has 1 amide bonds. The average Bonchev–Trinajstić information content (AvgIpc) is 3.28. The van der Waals surface area contributed by atoms with Gasteiger partial charge < -0.3 is 9.32 Å². The first-order valence-corrected chi connectivity index (χ1v) is 8.82. The van der Waals surface area contributed by atoms with Crippen LogP contribution in [0.15, 0.2) is 47.3 Å². The minimum absolute atomic E-state index is 0.240. The summed E-state index contributed by atoms with van der Waals surface area (Å²) >= 11 is 0. The molecule has 25 heavy (non-hydrogen) atoms. The summed E-state index contributed by atoms with van der Waals surface area (Å²) in [5, 5.41) is 0. The summed E-state index contributed by atoms with van der Waals surface area (Å²) in [6.07, 6.45) is 6.24. The van der Waals surface area contributed by atoms with Gasteiger partial charge in [-0.05, 0) is 30.2 Å². The second kappa shape index (κ2) is 6.61. The fourth-order valence-corrected chi connectivity index (χ4v) is 4.08. The number of nitrogens with zero attached hydrogens (tertiary/aromatic N) is 4. The summed E-state index contributed by atoms with van der Waals surface area (Å²) in [6, 6.07) is 7.94. The van der Waals surface area contributed by atoms with E-state index in [0.717, 1.165) is 57.0 Å². The van der Waals surface area contributed by atoms with Gasteiger partial charge >= 0.3 is 0 Å². The molecule has 0 N–H and O–H groups in total. The first-order valence-electron chi connectivity index (χ1n) is 8.82. The second-order valence-electron chi connectivity index (χ2n) is 7.08. The zero-order chi connectivity index (χ0) is 17.3. The first-order chi connectivity index (χ1) is 12.2. The molecule has 2 saturated heterocycles. The van der Waals surface area contributed by atoms with Gasteiger partial charge in [-0.25, -0.2) is 0 Å². The Bertz CT molecular complexity index is 718. The molecule has 0 aliphatic carbocycles. The zero-order valence-corrected chi connectivity index (χ0v) is 14.6. The van der Waals surface area contributed by atoms with Crippen molar-refractivity contribution in [3.63, 3.8) is 0 Å². The van der Waals surface area contributed by atoms with Crippen LogP contribution in [0.25, 0.3) is 0 Å². The number of likely N-dealkylation sites (N-methyl/N-ethyl adjacent to an activating group) is 1. The molecule has 132 valence electrons. The Morgan fingerprint density at radius 1 is 1.20 bits per heavy atom. The van der Waals surface area contributed by atoms with Gasteiger partial charge in [0.25, 0.3) is 0 Å². The molecule has 1 spiro atoms. The van der Waals surface area contributed by atoms with Gasteiger partial charge in [-0.1, -0.05) is 6.07 Å². The molecule has 2 aromatic rings. The lowest BCUT2D eigenvalue weighted by Crippen LogP contribution is -2.65. The summed E-state index contributed by atoms with van der Waals surface area (Å²) in [7, 11) is 1.92. The molecule has 0 bridgehead atoms. The molecule has 4 heterocycles. The van der Waals surface area contributed by atoms with Gasteiger partial charge in [0.1, 0.15) is 11.3 Å². The highest BCUT2D eigenvalue weighted by molar-refractivity contribution is 5.87. The van der Waals surface area contributed by atoms with Gasteiger partial charge in [0.05, 0.1) is 12.8 Å². The molecule has 1 unspecified atom stereocenters. The van der Waals surface area contributed by atoms with Crippen LogP contribution in [0.4, 0.5) is 0 Å². The van der Waals surface area contributed by atoms with Crippen molar-refractivity contribution in [1.82, 2.24) is 19.7 Å². The van der Waals surface area contributed by atoms with Crippen molar-refractivity contribution < 1.29 is 9.21 Å². The van der Waals surface area contributed by atoms with E-state index in [2.05, 4.69) is 20.9 Å². The maximum Gasteiger partial charge on any atom is 0.244 e. The Morgan fingerprint density at radius 3 is 2.88 bits per heavy atom. The number of likely N-dealkylation sites (tertiary alicyclic amines) is 1. The lowest BCUT2D eigenvalue weighted by atomic mass is 9.91. The third kappa shape index (κ3) is 3.07. The van der Waals surface area contributed by atoms with Crippen LogP contribution in [-0.4, -0.2) is 64.4 Å². The largest absolute Gasteiger partial charge is 0.468 e. The van der Waals surface area contributed by atoms with Crippen LogP contribution in [0.1, 0.15) is 17.7 Å². The van der Waals surface area contributed by atoms with E-state index in [0.29, 0.717) is 0 Å². The molecular formula is C19H24N4O2. The SMILES string of the molecule is CN1CCN(Cc2cccnc2)C2(CCN(Cc3ccco3)C2)C1=O. The highest BCUT2D eigenvalue weighted by atomic mass is 16.3. The van der Waals surface area contributed by atoms with Crippen LogP contribution >= 0.6 is 0 Å². The average molecular weight is 340 g/mol. The molecule has 2 aliphatic heterocycles. The number of carbonyl (C=O) groups is 1.